The maximum Gasteiger partial charge on any atom is 0.119 e. The van der Waals surface area contributed by atoms with E-state index in [1.807, 2.05) is 6.07 Å². The van der Waals surface area contributed by atoms with Crippen LogP contribution < -0.4 is 9.64 Å². The highest BCUT2D eigenvalue weighted by Crippen LogP contribution is 2.19. The van der Waals surface area contributed by atoms with E-state index in [4.69, 9.17) is 4.74 Å². The molecular formula is C14H24NO+. The summed E-state index contributed by atoms with van der Waals surface area (Å²) >= 11 is 0. The highest BCUT2D eigenvalue weighted by molar-refractivity contribution is 5.30. The lowest BCUT2D eigenvalue weighted by molar-refractivity contribution is -0.858. The predicted molar refractivity (Wildman–Crippen MR) is 68.3 cm³/mol. The van der Waals surface area contributed by atoms with Gasteiger partial charge in [-0.25, -0.2) is 0 Å². The Balaban J connectivity index is 2.39. The molecule has 0 aliphatic carbocycles. The van der Waals surface area contributed by atoms with Gasteiger partial charge in [0, 0.05) is 6.42 Å². The summed E-state index contributed by atoms with van der Waals surface area (Å²) in [5.41, 5.74) is 1.34. The van der Waals surface area contributed by atoms with Crippen LogP contribution in [0.15, 0.2) is 24.3 Å². The fraction of sp³-hybridized carbons (Fsp3) is 0.571. The molecule has 0 aliphatic rings. The number of hydrogen-bond acceptors (Lipinski definition) is 1. The first kappa shape index (κ1) is 13.0. The Hall–Kier alpha value is -1.02. The second kappa shape index (κ2) is 6.54. The highest BCUT2D eigenvalue weighted by atomic mass is 16.5. The zero-order valence-electron chi connectivity index (χ0n) is 10.9. The minimum atomic E-state index is 0.565. The van der Waals surface area contributed by atoms with E-state index >= 15 is 0 Å². The van der Waals surface area contributed by atoms with Crippen molar-refractivity contribution in [3.8, 4) is 5.75 Å². The fourth-order valence-corrected chi connectivity index (χ4v) is 1.58. The van der Waals surface area contributed by atoms with Crippen molar-refractivity contribution in [2.75, 3.05) is 27.2 Å². The van der Waals surface area contributed by atoms with E-state index in [2.05, 4.69) is 46.1 Å². The van der Waals surface area contributed by atoms with E-state index in [1.54, 1.807) is 0 Å². The van der Waals surface area contributed by atoms with Crippen LogP contribution in [0, 0.1) is 0 Å². The molecule has 0 aromatic heterocycles. The van der Waals surface area contributed by atoms with Crippen LogP contribution in [0.1, 0.15) is 31.7 Å². The molecule has 2 nitrogen and oxygen atoms in total. The first-order chi connectivity index (χ1) is 7.59. The van der Waals surface area contributed by atoms with E-state index in [0.29, 0.717) is 5.92 Å². The minimum absolute atomic E-state index is 0.565. The zero-order chi connectivity index (χ0) is 12.0. The molecule has 0 spiro atoms. The maximum absolute atomic E-state index is 5.73. The second-order valence-electron chi connectivity index (χ2n) is 4.89. The van der Waals surface area contributed by atoms with E-state index in [-0.39, 0.29) is 0 Å². The lowest BCUT2D eigenvalue weighted by atomic mass is 10.0. The molecule has 0 heterocycles. The average molecular weight is 222 g/mol. The Morgan fingerprint density at radius 1 is 1.25 bits per heavy atom. The fourth-order valence-electron chi connectivity index (χ4n) is 1.58. The van der Waals surface area contributed by atoms with Gasteiger partial charge in [-0.1, -0.05) is 26.0 Å². The van der Waals surface area contributed by atoms with Gasteiger partial charge in [0.1, 0.15) is 5.75 Å². The lowest BCUT2D eigenvalue weighted by Gasteiger charge is -2.11. The van der Waals surface area contributed by atoms with Crippen LogP contribution in [0.25, 0.3) is 0 Å². The third-order valence-electron chi connectivity index (χ3n) is 2.61. The van der Waals surface area contributed by atoms with Gasteiger partial charge in [-0.05, 0) is 23.6 Å². The molecule has 1 rings (SSSR count). The molecule has 90 valence electrons. The largest absolute Gasteiger partial charge is 0.493 e. The highest BCUT2D eigenvalue weighted by Gasteiger charge is 2.01. The number of benzene rings is 1. The summed E-state index contributed by atoms with van der Waals surface area (Å²) in [5.74, 6) is 1.56. The topological polar surface area (TPSA) is 13.7 Å². The number of ether oxygens (including phenoxy) is 1. The van der Waals surface area contributed by atoms with Gasteiger partial charge in [0.2, 0.25) is 0 Å². The van der Waals surface area contributed by atoms with Crippen molar-refractivity contribution < 1.29 is 9.64 Å². The molecular weight excluding hydrogens is 198 g/mol. The van der Waals surface area contributed by atoms with E-state index in [9.17, 15) is 0 Å². The van der Waals surface area contributed by atoms with E-state index in [0.717, 1.165) is 25.3 Å². The molecule has 2 heteroatoms. The third kappa shape index (κ3) is 4.67. The summed E-state index contributed by atoms with van der Waals surface area (Å²) in [6, 6.07) is 8.41. The molecule has 0 bridgehead atoms. The first-order valence-corrected chi connectivity index (χ1v) is 6.11. The van der Waals surface area contributed by atoms with Crippen LogP contribution in [-0.4, -0.2) is 27.2 Å². The van der Waals surface area contributed by atoms with E-state index < -0.39 is 0 Å². The van der Waals surface area contributed by atoms with Crippen LogP contribution in [0.2, 0.25) is 0 Å². The predicted octanol–water partition coefficient (Wildman–Crippen LogP) is 1.72. The molecule has 0 amide bonds. The van der Waals surface area contributed by atoms with Gasteiger partial charge in [0.25, 0.3) is 0 Å². The quantitative estimate of drug-likeness (QED) is 0.724. The van der Waals surface area contributed by atoms with Crippen molar-refractivity contribution in [3.05, 3.63) is 29.8 Å². The van der Waals surface area contributed by atoms with Crippen LogP contribution in [0.5, 0.6) is 5.75 Å². The van der Waals surface area contributed by atoms with Crippen LogP contribution in [0.4, 0.5) is 0 Å². The molecule has 1 aromatic rings. The molecule has 0 saturated carbocycles. The molecule has 0 radical (unpaired) electrons. The summed E-state index contributed by atoms with van der Waals surface area (Å²) in [6.07, 6.45) is 1.11. The summed E-state index contributed by atoms with van der Waals surface area (Å²) in [4.78, 5) is 1.47. The molecule has 0 fully saturated rings. The Labute approximate surface area is 99.2 Å². The van der Waals surface area contributed by atoms with Gasteiger partial charge in [-0.15, -0.1) is 0 Å². The Bertz CT molecular complexity index is 307. The van der Waals surface area contributed by atoms with Crippen LogP contribution >= 0.6 is 0 Å². The molecule has 0 saturated heterocycles. The lowest BCUT2D eigenvalue weighted by Crippen LogP contribution is -3.05. The van der Waals surface area contributed by atoms with Crippen molar-refractivity contribution in [1.82, 2.24) is 0 Å². The van der Waals surface area contributed by atoms with Gasteiger partial charge in [-0.3, -0.25) is 0 Å². The number of hydrogen-bond donors (Lipinski definition) is 1. The molecule has 1 N–H and O–H groups in total. The Kier molecular flexibility index (Phi) is 5.33. The number of quaternary nitrogens is 1. The smallest absolute Gasteiger partial charge is 0.119 e. The molecule has 1 aromatic carbocycles. The minimum Gasteiger partial charge on any atom is -0.493 e. The van der Waals surface area contributed by atoms with Crippen molar-refractivity contribution in [1.29, 1.82) is 0 Å². The summed E-state index contributed by atoms with van der Waals surface area (Å²) < 4.78 is 5.73. The monoisotopic (exact) mass is 222 g/mol. The zero-order valence-corrected chi connectivity index (χ0v) is 10.9. The standard InChI is InChI=1S/C14H23NO/c1-12(2)13-7-5-8-14(11-13)16-10-6-9-15(3)4/h5,7-8,11-12H,6,9-10H2,1-4H3/p+1. The third-order valence-corrected chi connectivity index (χ3v) is 2.61. The number of rotatable bonds is 6. The van der Waals surface area contributed by atoms with Crippen LogP contribution in [0.3, 0.4) is 0 Å². The number of nitrogens with one attached hydrogen (secondary N) is 1. The van der Waals surface area contributed by atoms with Gasteiger partial charge in [0.15, 0.2) is 0 Å². The van der Waals surface area contributed by atoms with Crippen molar-refractivity contribution in [2.24, 2.45) is 0 Å². The Morgan fingerprint density at radius 2 is 2.00 bits per heavy atom. The molecule has 16 heavy (non-hydrogen) atoms. The van der Waals surface area contributed by atoms with E-state index in [1.165, 1.54) is 10.5 Å². The van der Waals surface area contributed by atoms with Crippen molar-refractivity contribution in [2.45, 2.75) is 26.2 Å². The maximum atomic E-state index is 5.73. The normalized spacial score (nSPS) is 11.1. The van der Waals surface area contributed by atoms with Crippen LogP contribution in [-0.2, 0) is 0 Å². The van der Waals surface area contributed by atoms with Gasteiger partial charge in [-0.2, -0.15) is 0 Å². The van der Waals surface area contributed by atoms with Crippen molar-refractivity contribution >= 4 is 0 Å². The van der Waals surface area contributed by atoms with Crippen molar-refractivity contribution in [3.63, 3.8) is 0 Å². The Morgan fingerprint density at radius 3 is 2.62 bits per heavy atom. The summed E-state index contributed by atoms with van der Waals surface area (Å²) in [5, 5.41) is 0. The van der Waals surface area contributed by atoms with Gasteiger partial charge < -0.3 is 9.64 Å². The SMILES string of the molecule is CC(C)c1cccc(OCCC[NH+](C)C)c1. The molecule has 0 aliphatic heterocycles. The van der Waals surface area contributed by atoms with Gasteiger partial charge in [0.05, 0.1) is 27.2 Å². The summed E-state index contributed by atoms with van der Waals surface area (Å²) in [7, 11) is 4.33. The molecule has 0 atom stereocenters. The first-order valence-electron chi connectivity index (χ1n) is 6.11. The summed E-state index contributed by atoms with van der Waals surface area (Å²) in [6.45, 7) is 6.37. The average Bonchev–Trinajstić information content (AvgIpc) is 2.24. The second-order valence-corrected chi connectivity index (χ2v) is 4.89. The van der Waals surface area contributed by atoms with Gasteiger partial charge >= 0.3 is 0 Å². The molecule has 0 unspecified atom stereocenters.